The highest BCUT2D eigenvalue weighted by Gasteiger charge is 2.32. The Hall–Kier alpha value is -3.07. The van der Waals surface area contributed by atoms with E-state index < -0.39 is 28.5 Å². The van der Waals surface area contributed by atoms with Crippen molar-refractivity contribution in [3.63, 3.8) is 0 Å². The van der Waals surface area contributed by atoms with E-state index in [1.54, 1.807) is 61.5 Å². The molecule has 1 atom stereocenters. The molecule has 1 N–H and O–H groups in total. The van der Waals surface area contributed by atoms with Gasteiger partial charge in [0, 0.05) is 23.1 Å². The highest BCUT2D eigenvalue weighted by Crippen LogP contribution is 2.26. The van der Waals surface area contributed by atoms with Crippen molar-refractivity contribution in [3.8, 4) is 0 Å². The number of halogens is 2. The Labute approximate surface area is 234 Å². The van der Waals surface area contributed by atoms with Gasteiger partial charge in [0.05, 0.1) is 10.6 Å². The number of anilines is 1. The van der Waals surface area contributed by atoms with Gasteiger partial charge in [0.15, 0.2) is 0 Å². The van der Waals surface area contributed by atoms with Gasteiger partial charge in [-0.3, -0.25) is 13.9 Å². The lowest BCUT2D eigenvalue weighted by Crippen LogP contribution is -2.51. The van der Waals surface area contributed by atoms with Gasteiger partial charge in [-0.05, 0) is 66.9 Å². The summed E-state index contributed by atoms with van der Waals surface area (Å²) in [5.74, 6) is -0.663. The van der Waals surface area contributed by atoms with Crippen LogP contribution in [-0.4, -0.2) is 44.3 Å². The van der Waals surface area contributed by atoms with Crippen LogP contribution in [0.5, 0.6) is 0 Å². The molecule has 3 rings (SSSR count). The maximum absolute atomic E-state index is 13.8. The van der Waals surface area contributed by atoms with Gasteiger partial charge in [0.25, 0.3) is 10.0 Å². The molecule has 0 aliphatic heterocycles. The molecule has 0 saturated carbocycles. The van der Waals surface area contributed by atoms with E-state index in [4.69, 9.17) is 23.2 Å². The van der Waals surface area contributed by atoms with Gasteiger partial charge in [-0.2, -0.15) is 0 Å². The Bertz CT molecular complexity index is 1350. The Morgan fingerprint density at radius 2 is 1.53 bits per heavy atom. The van der Waals surface area contributed by atoms with E-state index in [1.165, 1.54) is 29.2 Å². The SMILES string of the molecule is CC(C)CNC(=O)C(C)N(Cc1cccc(Cl)c1)C(=O)CN(c1ccc(Cl)cc1)S(=O)(=O)c1ccccc1. The van der Waals surface area contributed by atoms with Crippen molar-refractivity contribution in [2.24, 2.45) is 5.92 Å². The van der Waals surface area contributed by atoms with Crippen molar-refractivity contribution in [3.05, 3.63) is 94.5 Å². The minimum atomic E-state index is -4.12. The lowest BCUT2D eigenvalue weighted by molar-refractivity contribution is -0.139. The molecule has 3 aromatic rings. The third kappa shape index (κ3) is 7.72. The van der Waals surface area contributed by atoms with Crippen LogP contribution >= 0.6 is 23.2 Å². The second-order valence-corrected chi connectivity index (χ2v) is 12.0. The van der Waals surface area contributed by atoms with E-state index in [-0.39, 0.29) is 29.0 Å². The monoisotopic (exact) mass is 575 g/mol. The Morgan fingerprint density at radius 1 is 0.868 bits per heavy atom. The van der Waals surface area contributed by atoms with E-state index in [1.807, 2.05) is 13.8 Å². The summed E-state index contributed by atoms with van der Waals surface area (Å²) in [5.41, 5.74) is 0.976. The normalized spacial score (nSPS) is 12.2. The number of benzene rings is 3. The summed E-state index contributed by atoms with van der Waals surface area (Å²) in [4.78, 5) is 28.2. The first-order valence-electron chi connectivity index (χ1n) is 12.1. The molecule has 10 heteroatoms. The maximum atomic E-state index is 13.8. The molecule has 0 bridgehead atoms. The molecule has 0 fully saturated rings. The van der Waals surface area contributed by atoms with Crippen molar-refractivity contribution in [1.29, 1.82) is 0 Å². The first-order chi connectivity index (χ1) is 18.0. The topological polar surface area (TPSA) is 86.8 Å². The van der Waals surface area contributed by atoms with Crippen LogP contribution in [-0.2, 0) is 26.2 Å². The third-order valence-corrected chi connectivity index (χ3v) is 8.09. The van der Waals surface area contributed by atoms with E-state index in [0.29, 0.717) is 22.2 Å². The van der Waals surface area contributed by atoms with Gasteiger partial charge in [-0.1, -0.05) is 67.4 Å². The molecule has 202 valence electrons. The molecule has 0 aliphatic carbocycles. The quantitative estimate of drug-likeness (QED) is 0.332. The maximum Gasteiger partial charge on any atom is 0.264 e. The zero-order valence-corrected chi connectivity index (χ0v) is 23.8. The summed E-state index contributed by atoms with van der Waals surface area (Å²) in [6.45, 7) is 5.55. The zero-order valence-electron chi connectivity index (χ0n) is 21.5. The fraction of sp³-hybridized carbons (Fsp3) is 0.286. The van der Waals surface area contributed by atoms with Gasteiger partial charge in [-0.15, -0.1) is 0 Å². The van der Waals surface area contributed by atoms with Crippen LogP contribution in [0, 0.1) is 5.92 Å². The van der Waals surface area contributed by atoms with Crippen LogP contribution in [0.25, 0.3) is 0 Å². The minimum Gasteiger partial charge on any atom is -0.354 e. The van der Waals surface area contributed by atoms with Crippen molar-refractivity contribution < 1.29 is 18.0 Å². The van der Waals surface area contributed by atoms with E-state index in [0.717, 1.165) is 4.31 Å². The van der Waals surface area contributed by atoms with Crippen molar-refractivity contribution in [2.75, 3.05) is 17.4 Å². The first kappa shape index (κ1) is 29.5. The van der Waals surface area contributed by atoms with Crippen LogP contribution in [0.15, 0.2) is 83.8 Å². The number of nitrogens with one attached hydrogen (secondary N) is 1. The molecular formula is C28H31Cl2N3O4S. The molecule has 7 nitrogen and oxygen atoms in total. The number of hydrogen-bond acceptors (Lipinski definition) is 4. The number of carbonyl (C=O) groups excluding carboxylic acids is 2. The molecule has 1 unspecified atom stereocenters. The molecule has 0 aliphatic rings. The Morgan fingerprint density at radius 3 is 2.13 bits per heavy atom. The van der Waals surface area contributed by atoms with E-state index in [9.17, 15) is 18.0 Å². The summed E-state index contributed by atoms with van der Waals surface area (Å²) < 4.78 is 28.4. The molecule has 0 radical (unpaired) electrons. The molecule has 3 aromatic carbocycles. The number of nitrogens with zero attached hydrogens (tertiary/aromatic N) is 2. The van der Waals surface area contributed by atoms with Gasteiger partial charge in [-0.25, -0.2) is 8.42 Å². The van der Waals surface area contributed by atoms with E-state index in [2.05, 4.69) is 5.32 Å². The summed E-state index contributed by atoms with van der Waals surface area (Å²) in [6.07, 6.45) is 0. The number of hydrogen-bond donors (Lipinski definition) is 1. The molecular weight excluding hydrogens is 545 g/mol. The standard InChI is InChI=1S/C28H31Cl2N3O4S/c1-20(2)17-31-28(35)21(3)32(18-22-8-7-9-24(30)16-22)27(34)19-33(25-14-12-23(29)13-15-25)38(36,37)26-10-5-4-6-11-26/h4-16,20-21H,17-19H2,1-3H3,(H,31,35). The van der Waals surface area contributed by atoms with Gasteiger partial charge < -0.3 is 10.2 Å². The summed E-state index contributed by atoms with van der Waals surface area (Å²) in [5, 5.41) is 3.77. The number of carbonyl (C=O) groups is 2. The van der Waals surface area contributed by atoms with Crippen molar-refractivity contribution in [2.45, 2.75) is 38.3 Å². The van der Waals surface area contributed by atoms with Crippen LogP contribution in [0.2, 0.25) is 10.0 Å². The Kier molecular flexibility index (Phi) is 10.2. The fourth-order valence-corrected chi connectivity index (χ4v) is 5.50. The van der Waals surface area contributed by atoms with Crippen molar-refractivity contribution >= 4 is 50.7 Å². The summed E-state index contributed by atoms with van der Waals surface area (Å²) in [6, 6.07) is 20.2. The highest BCUT2D eigenvalue weighted by molar-refractivity contribution is 7.92. The molecule has 0 saturated heterocycles. The molecule has 38 heavy (non-hydrogen) atoms. The average molecular weight is 577 g/mol. The summed E-state index contributed by atoms with van der Waals surface area (Å²) >= 11 is 12.2. The smallest absolute Gasteiger partial charge is 0.264 e. The molecule has 0 spiro atoms. The van der Waals surface area contributed by atoms with Crippen LogP contribution in [0.1, 0.15) is 26.3 Å². The third-order valence-electron chi connectivity index (χ3n) is 5.82. The predicted molar refractivity (Wildman–Crippen MR) is 152 cm³/mol. The lowest BCUT2D eigenvalue weighted by atomic mass is 10.1. The Balaban J connectivity index is 1.99. The van der Waals surface area contributed by atoms with Crippen molar-refractivity contribution in [1.82, 2.24) is 10.2 Å². The van der Waals surface area contributed by atoms with Crippen LogP contribution < -0.4 is 9.62 Å². The number of rotatable bonds is 11. The summed E-state index contributed by atoms with van der Waals surface area (Å²) in [7, 11) is -4.12. The van der Waals surface area contributed by atoms with Gasteiger partial charge in [0.2, 0.25) is 11.8 Å². The first-order valence-corrected chi connectivity index (χ1v) is 14.3. The highest BCUT2D eigenvalue weighted by atomic mass is 35.5. The second kappa shape index (κ2) is 13.1. The lowest BCUT2D eigenvalue weighted by Gasteiger charge is -2.32. The van der Waals surface area contributed by atoms with Gasteiger partial charge in [0.1, 0.15) is 12.6 Å². The number of amides is 2. The second-order valence-electron chi connectivity index (χ2n) is 9.27. The molecule has 2 amide bonds. The van der Waals surface area contributed by atoms with Crippen LogP contribution in [0.4, 0.5) is 5.69 Å². The minimum absolute atomic E-state index is 0.0341. The zero-order chi connectivity index (χ0) is 27.9. The average Bonchev–Trinajstić information content (AvgIpc) is 2.89. The van der Waals surface area contributed by atoms with Gasteiger partial charge >= 0.3 is 0 Å². The largest absolute Gasteiger partial charge is 0.354 e. The van der Waals surface area contributed by atoms with E-state index >= 15 is 0 Å². The number of sulfonamides is 1. The predicted octanol–water partition coefficient (Wildman–Crippen LogP) is 5.38. The molecule has 0 heterocycles. The molecule has 0 aromatic heterocycles. The van der Waals surface area contributed by atoms with Crippen LogP contribution in [0.3, 0.4) is 0 Å². The fourth-order valence-electron chi connectivity index (χ4n) is 3.72.